The van der Waals surface area contributed by atoms with Gasteiger partial charge < -0.3 is 11.1 Å². The summed E-state index contributed by atoms with van der Waals surface area (Å²) in [5.74, 6) is -0.0647. The van der Waals surface area contributed by atoms with Gasteiger partial charge in [-0.2, -0.15) is 0 Å². The first-order valence-corrected chi connectivity index (χ1v) is 6.22. The number of likely N-dealkylation sites (tertiary alicyclic amines) is 1. The third-order valence-electron chi connectivity index (χ3n) is 3.32. The van der Waals surface area contributed by atoms with Crippen molar-refractivity contribution in [3.8, 4) is 0 Å². The molecule has 1 atom stereocenters. The summed E-state index contributed by atoms with van der Waals surface area (Å²) >= 11 is 0. The highest BCUT2D eigenvalue weighted by atomic mass is 35.5. The number of hydrogen-bond acceptors (Lipinski definition) is 3. The first kappa shape index (κ1) is 16.7. The van der Waals surface area contributed by atoms with E-state index in [1.165, 1.54) is 19.3 Å². The third-order valence-corrected chi connectivity index (χ3v) is 3.32. The molecule has 5 heteroatoms. The molecule has 1 unspecified atom stereocenters. The summed E-state index contributed by atoms with van der Waals surface area (Å²) < 4.78 is 0. The van der Waals surface area contributed by atoms with Gasteiger partial charge in [-0.15, -0.1) is 12.4 Å². The highest BCUT2D eigenvalue weighted by Gasteiger charge is 2.28. The third kappa shape index (κ3) is 5.23. The van der Waals surface area contributed by atoms with Gasteiger partial charge in [-0.05, 0) is 46.7 Å². The lowest BCUT2D eigenvalue weighted by Gasteiger charge is -2.41. The number of rotatable bonds is 4. The lowest BCUT2D eigenvalue weighted by molar-refractivity contribution is -0.122. The number of amides is 1. The van der Waals surface area contributed by atoms with Gasteiger partial charge in [0, 0.05) is 12.1 Å². The zero-order chi connectivity index (χ0) is 12.2. The number of halogens is 1. The summed E-state index contributed by atoms with van der Waals surface area (Å²) in [4.78, 5) is 13.9. The highest BCUT2D eigenvalue weighted by Crippen LogP contribution is 2.19. The van der Waals surface area contributed by atoms with Crippen LogP contribution in [0.5, 0.6) is 0 Å². The van der Waals surface area contributed by atoms with Gasteiger partial charge >= 0.3 is 0 Å². The lowest BCUT2D eigenvalue weighted by atomic mass is 9.98. The molecule has 0 aromatic heterocycles. The molecule has 0 saturated carbocycles. The molecular formula is C12H26ClN3O. The smallest absolute Gasteiger partial charge is 0.236 e. The predicted molar refractivity (Wildman–Crippen MR) is 73.4 cm³/mol. The number of piperidine rings is 1. The van der Waals surface area contributed by atoms with E-state index in [4.69, 9.17) is 5.73 Å². The lowest BCUT2D eigenvalue weighted by Crippen LogP contribution is -2.54. The highest BCUT2D eigenvalue weighted by molar-refractivity contribution is 5.85. The van der Waals surface area contributed by atoms with E-state index in [0.29, 0.717) is 6.54 Å². The Hall–Kier alpha value is -0.320. The minimum absolute atomic E-state index is 0. The number of carbonyl (C=O) groups excluding carboxylic acids is 1. The van der Waals surface area contributed by atoms with E-state index in [9.17, 15) is 4.79 Å². The quantitative estimate of drug-likeness (QED) is 0.800. The maximum absolute atomic E-state index is 11.4. The van der Waals surface area contributed by atoms with Crippen LogP contribution in [0.2, 0.25) is 0 Å². The van der Waals surface area contributed by atoms with E-state index in [2.05, 4.69) is 24.1 Å². The monoisotopic (exact) mass is 263 g/mol. The molecule has 17 heavy (non-hydrogen) atoms. The predicted octanol–water partition coefficient (Wildman–Crippen LogP) is 1.14. The molecule has 1 amide bonds. The van der Waals surface area contributed by atoms with Crippen LogP contribution in [0, 0.1) is 0 Å². The first-order chi connectivity index (χ1) is 7.43. The van der Waals surface area contributed by atoms with Crippen molar-refractivity contribution in [3.63, 3.8) is 0 Å². The van der Waals surface area contributed by atoms with Gasteiger partial charge in [0.1, 0.15) is 0 Å². The van der Waals surface area contributed by atoms with Crippen molar-refractivity contribution in [2.24, 2.45) is 5.73 Å². The first-order valence-electron chi connectivity index (χ1n) is 6.22. The van der Waals surface area contributed by atoms with E-state index < -0.39 is 6.04 Å². The van der Waals surface area contributed by atoms with Crippen molar-refractivity contribution in [2.45, 2.75) is 51.6 Å². The fourth-order valence-corrected chi connectivity index (χ4v) is 2.08. The Balaban J connectivity index is 0.00000256. The Kier molecular flexibility index (Phi) is 7.05. The van der Waals surface area contributed by atoms with Crippen molar-refractivity contribution in [3.05, 3.63) is 0 Å². The number of nitrogens with zero attached hydrogens (tertiary/aromatic N) is 1. The van der Waals surface area contributed by atoms with Gasteiger partial charge in [-0.3, -0.25) is 9.69 Å². The minimum atomic E-state index is -0.419. The van der Waals surface area contributed by atoms with E-state index in [0.717, 1.165) is 13.1 Å². The van der Waals surface area contributed by atoms with E-state index in [-0.39, 0.29) is 23.9 Å². The molecule has 1 aliphatic rings. The molecule has 102 valence electrons. The van der Waals surface area contributed by atoms with Crippen molar-refractivity contribution in [1.82, 2.24) is 10.2 Å². The van der Waals surface area contributed by atoms with Gasteiger partial charge in [0.05, 0.1) is 6.04 Å². The zero-order valence-corrected chi connectivity index (χ0v) is 12.0. The Morgan fingerprint density at radius 1 is 1.35 bits per heavy atom. The Morgan fingerprint density at radius 3 is 2.35 bits per heavy atom. The van der Waals surface area contributed by atoms with Crippen LogP contribution < -0.4 is 11.1 Å². The van der Waals surface area contributed by atoms with Crippen LogP contribution >= 0.6 is 12.4 Å². The second kappa shape index (κ2) is 7.19. The maximum Gasteiger partial charge on any atom is 0.236 e. The molecule has 1 rings (SSSR count). The molecule has 0 aromatic rings. The van der Waals surface area contributed by atoms with Gasteiger partial charge in [0.15, 0.2) is 0 Å². The number of carbonyl (C=O) groups is 1. The van der Waals surface area contributed by atoms with Gasteiger partial charge in [0.25, 0.3) is 0 Å². The van der Waals surface area contributed by atoms with Crippen LogP contribution in [0.4, 0.5) is 0 Å². The van der Waals surface area contributed by atoms with Crippen LogP contribution in [0.25, 0.3) is 0 Å². The average Bonchev–Trinajstić information content (AvgIpc) is 2.27. The molecule has 0 aliphatic carbocycles. The SMILES string of the molecule is CC(N)C(=O)NCC(C)(C)N1CCCCC1.Cl. The number of nitrogens with two attached hydrogens (primary N) is 1. The summed E-state index contributed by atoms with van der Waals surface area (Å²) in [7, 11) is 0. The molecule has 0 radical (unpaired) electrons. The Bertz CT molecular complexity index is 238. The van der Waals surface area contributed by atoms with E-state index >= 15 is 0 Å². The van der Waals surface area contributed by atoms with Crippen molar-refractivity contribution >= 4 is 18.3 Å². The van der Waals surface area contributed by atoms with Gasteiger partial charge in [-0.1, -0.05) is 6.42 Å². The summed E-state index contributed by atoms with van der Waals surface area (Å²) in [5.41, 5.74) is 5.55. The molecule has 0 spiro atoms. The zero-order valence-electron chi connectivity index (χ0n) is 11.2. The fraction of sp³-hybridized carbons (Fsp3) is 0.917. The maximum atomic E-state index is 11.4. The number of hydrogen-bond donors (Lipinski definition) is 2. The molecule has 0 aromatic carbocycles. The molecule has 1 saturated heterocycles. The number of nitrogens with one attached hydrogen (secondary N) is 1. The molecule has 3 N–H and O–H groups in total. The Labute approximate surface area is 111 Å². The summed E-state index contributed by atoms with van der Waals surface area (Å²) in [6, 6.07) is -0.419. The van der Waals surface area contributed by atoms with Crippen LogP contribution in [-0.4, -0.2) is 42.0 Å². The standard InChI is InChI=1S/C12H25N3O.ClH/c1-10(13)11(16)14-9-12(2,3)15-7-5-4-6-8-15;/h10H,4-9,13H2,1-3H3,(H,14,16);1H. The van der Waals surface area contributed by atoms with Crippen LogP contribution in [0.15, 0.2) is 0 Å². The Morgan fingerprint density at radius 2 is 1.88 bits per heavy atom. The van der Waals surface area contributed by atoms with Crippen molar-refractivity contribution < 1.29 is 4.79 Å². The minimum Gasteiger partial charge on any atom is -0.353 e. The van der Waals surface area contributed by atoms with Gasteiger partial charge in [-0.25, -0.2) is 0 Å². The van der Waals surface area contributed by atoms with E-state index in [1.54, 1.807) is 6.92 Å². The van der Waals surface area contributed by atoms with Crippen LogP contribution in [0.3, 0.4) is 0 Å². The normalized spacial score (nSPS) is 19.3. The summed E-state index contributed by atoms with van der Waals surface area (Å²) in [6.07, 6.45) is 3.87. The summed E-state index contributed by atoms with van der Waals surface area (Å²) in [6.45, 7) is 9.03. The molecular weight excluding hydrogens is 238 g/mol. The second-order valence-electron chi connectivity index (χ2n) is 5.37. The van der Waals surface area contributed by atoms with Crippen LogP contribution in [0.1, 0.15) is 40.0 Å². The summed E-state index contributed by atoms with van der Waals surface area (Å²) in [5, 5.41) is 2.91. The second-order valence-corrected chi connectivity index (χ2v) is 5.37. The van der Waals surface area contributed by atoms with Gasteiger partial charge in [0.2, 0.25) is 5.91 Å². The molecule has 1 aliphatic heterocycles. The molecule has 4 nitrogen and oxygen atoms in total. The van der Waals surface area contributed by atoms with Crippen LogP contribution in [-0.2, 0) is 4.79 Å². The van der Waals surface area contributed by atoms with E-state index in [1.807, 2.05) is 0 Å². The van der Waals surface area contributed by atoms with Crippen molar-refractivity contribution in [1.29, 1.82) is 0 Å². The topological polar surface area (TPSA) is 58.4 Å². The largest absolute Gasteiger partial charge is 0.353 e. The molecule has 0 bridgehead atoms. The molecule has 1 heterocycles. The van der Waals surface area contributed by atoms with Crippen molar-refractivity contribution in [2.75, 3.05) is 19.6 Å². The average molecular weight is 264 g/mol. The fourth-order valence-electron chi connectivity index (χ4n) is 2.08. The molecule has 1 fully saturated rings.